The normalized spacial score (nSPS) is 13.1. The minimum atomic E-state index is 0.0411. The van der Waals surface area contributed by atoms with E-state index in [2.05, 4.69) is 39.1 Å². The number of carbonyl (C=O) groups is 1. The summed E-state index contributed by atoms with van der Waals surface area (Å²) in [5.74, 6) is 0.946. The van der Waals surface area contributed by atoms with Gasteiger partial charge in [-0.1, -0.05) is 66.2 Å². The highest BCUT2D eigenvalue weighted by Gasteiger charge is 2.15. The fourth-order valence-electron chi connectivity index (χ4n) is 3.65. The van der Waals surface area contributed by atoms with Crippen molar-refractivity contribution in [3.8, 4) is 0 Å². The van der Waals surface area contributed by atoms with Gasteiger partial charge in [0.2, 0.25) is 0 Å². The van der Waals surface area contributed by atoms with Gasteiger partial charge in [0.1, 0.15) is 4.83 Å². The molecule has 3 nitrogen and oxygen atoms in total. The van der Waals surface area contributed by atoms with Crippen LogP contribution >= 0.6 is 11.3 Å². The van der Waals surface area contributed by atoms with Crippen LogP contribution in [-0.4, -0.2) is 17.4 Å². The van der Waals surface area contributed by atoms with Gasteiger partial charge in [-0.3, -0.25) is 4.79 Å². The summed E-state index contributed by atoms with van der Waals surface area (Å²) >= 11 is 1.51. The summed E-state index contributed by atoms with van der Waals surface area (Å²) in [6, 6.07) is 4.22. The van der Waals surface area contributed by atoms with Crippen molar-refractivity contribution in [3.63, 3.8) is 0 Å². The lowest BCUT2D eigenvalue weighted by molar-refractivity contribution is 0.0957. The second kappa shape index (κ2) is 13.0. The molecule has 29 heavy (non-hydrogen) atoms. The third kappa shape index (κ3) is 8.08. The van der Waals surface area contributed by atoms with Crippen LogP contribution < -0.4 is 5.32 Å². The van der Waals surface area contributed by atoms with Gasteiger partial charge in [-0.15, -0.1) is 11.3 Å². The summed E-state index contributed by atoms with van der Waals surface area (Å²) in [5.41, 5.74) is 2.61. The number of aryl methyl sites for hydroxylation is 2. The molecular weight excluding hydrogens is 376 g/mol. The highest BCUT2D eigenvalue weighted by Crippen LogP contribution is 2.29. The molecular formula is C25H40N2OS. The monoisotopic (exact) mass is 416 g/mol. The van der Waals surface area contributed by atoms with Crippen molar-refractivity contribution in [2.75, 3.05) is 6.54 Å². The predicted octanol–water partition coefficient (Wildman–Crippen LogP) is 7.32. The number of hydrogen-bond acceptors (Lipinski definition) is 3. The van der Waals surface area contributed by atoms with Crippen LogP contribution in [0.5, 0.6) is 0 Å². The van der Waals surface area contributed by atoms with Crippen molar-refractivity contribution in [2.45, 2.75) is 98.3 Å². The van der Waals surface area contributed by atoms with Crippen LogP contribution in [0.1, 0.15) is 106 Å². The first-order chi connectivity index (χ1) is 14.0. The minimum Gasteiger partial charge on any atom is -0.351 e. The van der Waals surface area contributed by atoms with Gasteiger partial charge in [0, 0.05) is 17.6 Å². The molecule has 0 fully saturated rings. The second-order valence-corrected chi connectivity index (χ2v) is 9.69. The van der Waals surface area contributed by atoms with E-state index in [0.717, 1.165) is 53.2 Å². The summed E-state index contributed by atoms with van der Waals surface area (Å²) in [7, 11) is 0. The lowest BCUT2D eigenvalue weighted by atomic mass is 9.96. The van der Waals surface area contributed by atoms with Crippen LogP contribution in [0.15, 0.2) is 12.1 Å². The summed E-state index contributed by atoms with van der Waals surface area (Å²) in [4.78, 5) is 18.6. The van der Waals surface area contributed by atoms with Crippen molar-refractivity contribution >= 4 is 27.5 Å². The average molecular weight is 417 g/mol. The minimum absolute atomic E-state index is 0.0411. The molecule has 0 bridgehead atoms. The molecule has 4 heteroatoms. The van der Waals surface area contributed by atoms with Gasteiger partial charge in [-0.05, 0) is 55.7 Å². The Labute approximate surface area is 181 Å². The molecule has 1 aliphatic rings. The molecule has 0 spiro atoms. The molecule has 0 saturated heterocycles. The smallest absolute Gasteiger partial charge is 0.261 e. The fourth-order valence-corrected chi connectivity index (χ4v) is 4.60. The number of rotatable bonds is 9. The molecule has 3 rings (SSSR count). The van der Waals surface area contributed by atoms with E-state index in [9.17, 15) is 4.79 Å². The number of aromatic nitrogens is 1. The van der Waals surface area contributed by atoms with E-state index in [-0.39, 0.29) is 5.91 Å². The van der Waals surface area contributed by atoms with Crippen LogP contribution in [0.4, 0.5) is 0 Å². The Morgan fingerprint density at radius 2 is 1.83 bits per heavy atom. The standard InChI is InChI=1S/C16H20N2OS.C9H20/c1-2-3-8-17-15(19)14-10-12-9-11-6-4-5-7-13(11)18-16(12)20-14;1-4-5-6-7-8-9(2)3/h9-10H,2-8H2,1H3,(H,17,19);9H,4-8H2,1-3H3. The van der Waals surface area contributed by atoms with Crippen LogP contribution in [0, 0.1) is 5.92 Å². The number of fused-ring (bicyclic) bond motifs is 2. The maximum Gasteiger partial charge on any atom is 0.261 e. The summed E-state index contributed by atoms with van der Waals surface area (Å²) in [6.45, 7) is 9.74. The van der Waals surface area contributed by atoms with E-state index >= 15 is 0 Å². The molecule has 1 N–H and O–H groups in total. The molecule has 1 aliphatic carbocycles. The Bertz CT molecular complexity index is 708. The third-order valence-corrected chi connectivity index (χ3v) is 6.50. The van der Waals surface area contributed by atoms with Crippen LogP contribution in [-0.2, 0) is 12.8 Å². The SMILES string of the molecule is CCCCCCC(C)C.CCCCNC(=O)c1cc2cc3c(nc2s1)CCCC3. The van der Waals surface area contributed by atoms with Gasteiger partial charge in [-0.2, -0.15) is 0 Å². The Morgan fingerprint density at radius 3 is 2.55 bits per heavy atom. The molecule has 2 heterocycles. The van der Waals surface area contributed by atoms with Gasteiger partial charge < -0.3 is 5.32 Å². The highest BCUT2D eigenvalue weighted by atomic mass is 32.1. The van der Waals surface area contributed by atoms with E-state index in [1.54, 1.807) is 0 Å². The first-order valence-corrected chi connectivity index (χ1v) is 12.6. The van der Waals surface area contributed by atoms with Gasteiger partial charge in [-0.25, -0.2) is 4.98 Å². The lowest BCUT2D eigenvalue weighted by Crippen LogP contribution is -2.23. The molecule has 0 radical (unpaired) electrons. The molecule has 162 valence electrons. The Hall–Kier alpha value is -1.42. The van der Waals surface area contributed by atoms with Gasteiger partial charge in [0.05, 0.1) is 4.88 Å². The number of carbonyl (C=O) groups excluding carboxylic acids is 1. The Kier molecular flexibility index (Phi) is 10.7. The van der Waals surface area contributed by atoms with Crippen LogP contribution in [0.2, 0.25) is 0 Å². The number of unbranched alkanes of at least 4 members (excludes halogenated alkanes) is 4. The van der Waals surface area contributed by atoms with Crippen LogP contribution in [0.25, 0.3) is 10.2 Å². The van der Waals surface area contributed by atoms with Crippen LogP contribution in [0.3, 0.4) is 0 Å². The number of nitrogens with one attached hydrogen (secondary N) is 1. The highest BCUT2D eigenvalue weighted by molar-refractivity contribution is 7.20. The van der Waals surface area contributed by atoms with Gasteiger partial charge >= 0.3 is 0 Å². The van der Waals surface area contributed by atoms with Gasteiger partial charge in [0.25, 0.3) is 5.91 Å². The van der Waals surface area contributed by atoms with Gasteiger partial charge in [0.15, 0.2) is 0 Å². The molecule has 0 unspecified atom stereocenters. The summed E-state index contributed by atoms with van der Waals surface area (Å²) in [6.07, 6.45) is 13.9. The number of thiophene rings is 1. The Morgan fingerprint density at radius 1 is 1.07 bits per heavy atom. The zero-order valence-corrected chi connectivity index (χ0v) is 19.8. The van der Waals surface area contributed by atoms with E-state index in [0.29, 0.717) is 0 Å². The molecule has 0 atom stereocenters. The predicted molar refractivity (Wildman–Crippen MR) is 127 cm³/mol. The van der Waals surface area contributed by atoms with Crippen molar-refractivity contribution in [1.82, 2.24) is 10.3 Å². The summed E-state index contributed by atoms with van der Waals surface area (Å²) < 4.78 is 0. The molecule has 0 aromatic carbocycles. The third-order valence-electron chi connectivity index (χ3n) is 5.46. The molecule has 2 aromatic rings. The first-order valence-electron chi connectivity index (χ1n) is 11.8. The number of amides is 1. The van der Waals surface area contributed by atoms with E-state index in [1.807, 2.05) is 6.07 Å². The fraction of sp³-hybridized carbons (Fsp3) is 0.680. The largest absolute Gasteiger partial charge is 0.351 e. The number of pyridine rings is 1. The quantitative estimate of drug-likeness (QED) is 0.435. The molecule has 0 saturated carbocycles. The van der Waals surface area contributed by atoms with Crippen molar-refractivity contribution in [2.24, 2.45) is 5.92 Å². The topological polar surface area (TPSA) is 42.0 Å². The zero-order valence-electron chi connectivity index (χ0n) is 19.0. The maximum absolute atomic E-state index is 12.1. The number of hydrogen-bond donors (Lipinski definition) is 1. The maximum atomic E-state index is 12.1. The van der Waals surface area contributed by atoms with E-state index in [1.165, 1.54) is 67.5 Å². The first kappa shape index (κ1) is 23.9. The molecule has 2 aromatic heterocycles. The molecule has 1 amide bonds. The van der Waals surface area contributed by atoms with Crippen molar-refractivity contribution < 1.29 is 4.79 Å². The van der Waals surface area contributed by atoms with Crippen molar-refractivity contribution in [1.29, 1.82) is 0 Å². The zero-order chi connectivity index (χ0) is 21.1. The summed E-state index contributed by atoms with van der Waals surface area (Å²) in [5, 5.41) is 4.10. The second-order valence-electron chi connectivity index (χ2n) is 8.66. The number of nitrogens with zero attached hydrogens (tertiary/aromatic N) is 1. The van der Waals surface area contributed by atoms with E-state index < -0.39 is 0 Å². The molecule has 0 aliphatic heterocycles. The average Bonchev–Trinajstić information content (AvgIpc) is 3.13. The Balaban J connectivity index is 0.000000284. The lowest BCUT2D eigenvalue weighted by Gasteiger charge is -2.13. The van der Waals surface area contributed by atoms with Crippen molar-refractivity contribution in [3.05, 3.63) is 28.3 Å². The van der Waals surface area contributed by atoms with E-state index in [4.69, 9.17) is 4.98 Å².